The van der Waals surface area contributed by atoms with Crippen molar-refractivity contribution in [2.45, 2.75) is 64.9 Å². The second-order valence-corrected chi connectivity index (χ2v) is 10.0. The zero-order valence-electron chi connectivity index (χ0n) is 19.6. The average Bonchev–Trinajstić information content (AvgIpc) is 2.99. The van der Waals surface area contributed by atoms with E-state index in [4.69, 9.17) is 4.74 Å². The molecular weight excluding hydrogens is 426 g/mol. The zero-order valence-corrected chi connectivity index (χ0v) is 20.5. The van der Waals surface area contributed by atoms with E-state index in [1.54, 1.807) is 26.8 Å². The molecule has 0 bridgehead atoms. The first-order valence-corrected chi connectivity index (χ1v) is 11.7. The van der Waals surface area contributed by atoms with E-state index in [-0.39, 0.29) is 23.4 Å². The summed E-state index contributed by atoms with van der Waals surface area (Å²) in [5, 5.41) is 5.17. The maximum absolute atomic E-state index is 12.0. The summed E-state index contributed by atoms with van der Waals surface area (Å²) < 4.78 is 23.4. The Balaban J connectivity index is 0.000000457. The fraction of sp³-hybridized carbons (Fsp3) is 0.700. The molecule has 0 spiro atoms. The first kappa shape index (κ1) is 28.9. The molecule has 2 atom stereocenters. The number of ether oxygens (including phenoxy) is 2. The Morgan fingerprint density at radius 3 is 2.29 bits per heavy atom. The van der Waals surface area contributed by atoms with Gasteiger partial charge in [0.25, 0.3) is 0 Å². The van der Waals surface area contributed by atoms with Crippen molar-refractivity contribution in [2.24, 2.45) is 13.0 Å². The van der Waals surface area contributed by atoms with E-state index in [9.17, 15) is 18.6 Å². The number of aldehydes is 1. The van der Waals surface area contributed by atoms with E-state index in [0.717, 1.165) is 18.8 Å². The molecule has 0 saturated heterocycles. The molecular formula is C20H36FN4O5P. The molecule has 1 unspecified atom stereocenters. The molecule has 2 amide bonds. The summed E-state index contributed by atoms with van der Waals surface area (Å²) in [6, 6.07) is 0.338. The number of carbonyl (C=O) groups excluding carboxylic acids is 3. The molecule has 1 heterocycles. The van der Waals surface area contributed by atoms with Gasteiger partial charge in [0.2, 0.25) is 6.41 Å². The van der Waals surface area contributed by atoms with Crippen LogP contribution in [0.2, 0.25) is 0 Å². The molecule has 2 N–H and O–H groups in total. The number of imidazole rings is 1. The van der Waals surface area contributed by atoms with Crippen molar-refractivity contribution >= 4 is 32.8 Å². The second-order valence-electron chi connectivity index (χ2n) is 8.25. The van der Waals surface area contributed by atoms with Gasteiger partial charge in [-0.2, -0.15) is 0 Å². The van der Waals surface area contributed by atoms with Crippen molar-refractivity contribution in [2.75, 3.05) is 19.1 Å². The lowest BCUT2D eigenvalue weighted by Crippen LogP contribution is -2.45. The van der Waals surface area contributed by atoms with E-state index in [1.807, 2.05) is 20.8 Å². The Morgan fingerprint density at radius 1 is 1.39 bits per heavy atom. The predicted molar refractivity (Wildman–Crippen MR) is 120 cm³/mol. The van der Waals surface area contributed by atoms with E-state index in [2.05, 4.69) is 27.3 Å². The molecule has 1 aliphatic rings. The summed E-state index contributed by atoms with van der Waals surface area (Å²) in [4.78, 5) is 35.2. The van der Waals surface area contributed by atoms with E-state index < -0.39 is 8.23 Å². The number of alkyl carbamates (subject to hydrolysis) is 1. The molecule has 0 radical (unpaired) electrons. The van der Waals surface area contributed by atoms with E-state index in [0.29, 0.717) is 24.6 Å². The van der Waals surface area contributed by atoms with Crippen LogP contribution in [-0.4, -0.2) is 59.6 Å². The third kappa shape index (κ3) is 13.1. The molecule has 1 saturated carbocycles. The van der Waals surface area contributed by atoms with Crippen LogP contribution in [0, 0.1) is 5.92 Å². The van der Waals surface area contributed by atoms with Crippen molar-refractivity contribution in [3.8, 4) is 0 Å². The summed E-state index contributed by atoms with van der Waals surface area (Å²) in [5.41, 5.74) is -0.389. The lowest BCUT2D eigenvalue weighted by Gasteiger charge is -2.33. The molecule has 11 heteroatoms. The number of rotatable bonds is 6. The highest BCUT2D eigenvalue weighted by Gasteiger charge is 2.28. The van der Waals surface area contributed by atoms with Crippen LogP contribution in [0.25, 0.3) is 0 Å². The van der Waals surface area contributed by atoms with Gasteiger partial charge >= 0.3 is 6.09 Å². The van der Waals surface area contributed by atoms with Crippen LogP contribution in [0.1, 0.15) is 58.1 Å². The number of aromatic nitrogens is 2. The number of hydrogen-bond donors (Lipinski definition) is 2. The van der Waals surface area contributed by atoms with Crippen LogP contribution in [0.5, 0.6) is 0 Å². The fourth-order valence-electron chi connectivity index (χ4n) is 2.36. The lowest BCUT2D eigenvalue weighted by atomic mass is 9.82. The summed E-state index contributed by atoms with van der Waals surface area (Å²) in [6.07, 6.45) is 4.56. The molecule has 31 heavy (non-hydrogen) atoms. The Kier molecular flexibility index (Phi) is 13.2. The highest BCUT2D eigenvalue weighted by molar-refractivity contribution is 7.51. The van der Waals surface area contributed by atoms with Gasteiger partial charge in [0.05, 0.1) is 0 Å². The summed E-state index contributed by atoms with van der Waals surface area (Å²) in [6.45, 7) is 11.1. The fourth-order valence-corrected chi connectivity index (χ4v) is 2.65. The normalized spacial score (nSPS) is 19.1. The van der Waals surface area contributed by atoms with Gasteiger partial charge in [-0.25, -0.2) is 14.0 Å². The molecule has 1 aliphatic carbocycles. The quantitative estimate of drug-likeness (QED) is 0.487. The van der Waals surface area contributed by atoms with E-state index in [1.165, 1.54) is 11.7 Å². The third-order valence-corrected chi connectivity index (χ3v) is 5.37. The number of nitrogens with one attached hydrogen (secondary N) is 2. The molecule has 178 valence electrons. The summed E-state index contributed by atoms with van der Waals surface area (Å²) in [7, 11) is 1.81. The number of anilines is 1. The van der Waals surface area contributed by atoms with Crippen molar-refractivity contribution in [3.63, 3.8) is 0 Å². The Labute approximate surface area is 185 Å². The first-order valence-electron chi connectivity index (χ1n) is 9.92. The van der Waals surface area contributed by atoms with Gasteiger partial charge in [-0.05, 0) is 53.1 Å². The van der Waals surface area contributed by atoms with Crippen LogP contribution < -0.4 is 10.6 Å². The first-order chi connectivity index (χ1) is 14.3. The minimum absolute atomic E-state index is 0.199. The van der Waals surface area contributed by atoms with Crippen molar-refractivity contribution in [3.05, 3.63) is 12.0 Å². The minimum Gasteiger partial charge on any atom is -0.444 e. The van der Waals surface area contributed by atoms with Crippen molar-refractivity contribution < 1.29 is 28.1 Å². The smallest absolute Gasteiger partial charge is 0.407 e. The number of aryl methyl sites for hydroxylation is 1. The van der Waals surface area contributed by atoms with Crippen LogP contribution >= 0.6 is 8.23 Å². The highest BCUT2D eigenvalue weighted by atomic mass is 31.2. The number of halogens is 1. The predicted octanol–water partition coefficient (Wildman–Crippen LogP) is 4.09. The number of methoxy groups -OCH3 is 1. The van der Waals surface area contributed by atoms with Gasteiger partial charge in [-0.15, -0.1) is 0 Å². The molecule has 1 aromatic heterocycles. The topological polar surface area (TPSA) is 112 Å². The van der Waals surface area contributed by atoms with E-state index >= 15 is 0 Å². The molecule has 0 aromatic carbocycles. The summed E-state index contributed by atoms with van der Waals surface area (Å²) >= 11 is 0. The van der Waals surface area contributed by atoms with Crippen molar-refractivity contribution in [1.82, 2.24) is 14.9 Å². The van der Waals surface area contributed by atoms with Crippen LogP contribution in [-0.2, 0) is 21.3 Å². The lowest BCUT2D eigenvalue weighted by molar-refractivity contribution is -0.105. The standard InChI is InChI=1S/C10H19NO2.C6H7N3O2.C4H10FOP/c1-7-5-8(6-7)11-9(12)13-10(2,3)4;1-9-2-5(7-4-11)8-6(9)3-10;1-4(6-2)7(3)5/h7-8H,5-6H2,1-4H3,(H,11,12);2-4H,1H3,(H,7,11);4H,1-3H3/t;;4?,7-/m..1/s1. The second kappa shape index (κ2) is 14.1. The minimum atomic E-state index is -1.38. The number of nitrogens with zero attached hydrogens (tertiary/aromatic N) is 2. The van der Waals surface area contributed by atoms with Crippen LogP contribution in [0.15, 0.2) is 6.20 Å². The van der Waals surface area contributed by atoms with Gasteiger partial charge < -0.3 is 24.7 Å². The molecule has 0 aliphatic heterocycles. The van der Waals surface area contributed by atoms with Gasteiger partial charge in [-0.1, -0.05) is 6.92 Å². The number of carbonyl (C=O) groups is 3. The van der Waals surface area contributed by atoms with Gasteiger partial charge in [-0.3, -0.25) is 9.59 Å². The van der Waals surface area contributed by atoms with Gasteiger partial charge in [0.1, 0.15) is 19.7 Å². The van der Waals surface area contributed by atoms with Gasteiger partial charge in [0.15, 0.2) is 17.9 Å². The maximum Gasteiger partial charge on any atom is 0.407 e. The monoisotopic (exact) mass is 462 g/mol. The average molecular weight is 463 g/mol. The van der Waals surface area contributed by atoms with Gasteiger partial charge in [0, 0.05) is 26.4 Å². The van der Waals surface area contributed by atoms with Crippen LogP contribution in [0.4, 0.5) is 14.8 Å². The molecule has 1 aromatic rings. The summed E-state index contributed by atoms with van der Waals surface area (Å²) in [5.74, 6) is 1.22. The highest BCUT2D eigenvalue weighted by Crippen LogP contribution is 2.37. The van der Waals surface area contributed by atoms with Crippen LogP contribution in [0.3, 0.4) is 0 Å². The number of hydrogen-bond acceptors (Lipinski definition) is 6. The maximum atomic E-state index is 12.0. The SMILES string of the molecule is CC1CC(NC(=O)OC(C)(C)C)C1.COC(C)[P@@](C)F.Cn1cc(NC=O)nc1C=O. The molecule has 2 rings (SSSR count). The molecule has 1 fully saturated rings. The third-order valence-electron chi connectivity index (χ3n) is 4.16. The molecule has 9 nitrogen and oxygen atoms in total. The Hall–Kier alpha value is -2.06. The number of amides is 2. The Morgan fingerprint density at radius 2 is 1.97 bits per heavy atom. The Bertz CT molecular complexity index is 688. The van der Waals surface area contributed by atoms with Crippen molar-refractivity contribution in [1.29, 1.82) is 0 Å². The largest absolute Gasteiger partial charge is 0.444 e. The zero-order chi connectivity index (χ0) is 24.2.